The molecule has 0 aromatic heterocycles. The van der Waals surface area contributed by atoms with Gasteiger partial charge < -0.3 is 10.1 Å². The minimum Gasteiger partial charge on any atom is -0.457 e. The lowest BCUT2D eigenvalue weighted by molar-refractivity contribution is 0.472. The fourth-order valence-corrected chi connectivity index (χ4v) is 2.67. The summed E-state index contributed by atoms with van der Waals surface area (Å²) in [6.45, 7) is 0.623. The van der Waals surface area contributed by atoms with E-state index in [0.29, 0.717) is 23.1 Å². The van der Waals surface area contributed by atoms with E-state index < -0.39 is 9.84 Å². The van der Waals surface area contributed by atoms with Gasteiger partial charge in [0, 0.05) is 23.4 Å². The maximum absolute atomic E-state index is 11.6. The Morgan fingerprint density at radius 2 is 1.95 bits per heavy atom. The smallest absolute Gasteiger partial charge is 0.175 e. The molecular formula is C15H16ClNO3S. The first-order valence-corrected chi connectivity index (χ1v) is 8.58. The van der Waals surface area contributed by atoms with E-state index in [1.165, 1.54) is 12.1 Å². The Morgan fingerprint density at radius 3 is 2.62 bits per heavy atom. The number of halogens is 1. The van der Waals surface area contributed by atoms with Crippen LogP contribution in [0.5, 0.6) is 11.5 Å². The average Bonchev–Trinajstić information content (AvgIpc) is 2.41. The lowest BCUT2D eigenvalue weighted by Crippen LogP contribution is -2.06. The van der Waals surface area contributed by atoms with Crippen molar-refractivity contribution in [1.82, 2.24) is 5.32 Å². The largest absolute Gasteiger partial charge is 0.457 e. The Hall–Kier alpha value is -1.56. The van der Waals surface area contributed by atoms with E-state index in [0.717, 1.165) is 11.8 Å². The van der Waals surface area contributed by atoms with Gasteiger partial charge in [-0.15, -0.1) is 0 Å². The van der Waals surface area contributed by atoms with Crippen molar-refractivity contribution in [1.29, 1.82) is 0 Å². The molecule has 0 saturated carbocycles. The van der Waals surface area contributed by atoms with Crippen LogP contribution >= 0.6 is 11.6 Å². The first-order valence-electron chi connectivity index (χ1n) is 6.31. The number of ether oxygens (including phenoxy) is 1. The Kier molecular flexibility index (Phi) is 4.88. The van der Waals surface area contributed by atoms with Crippen molar-refractivity contribution in [3.8, 4) is 11.5 Å². The van der Waals surface area contributed by atoms with Crippen LogP contribution in [0.15, 0.2) is 47.4 Å². The van der Waals surface area contributed by atoms with Crippen molar-refractivity contribution in [2.45, 2.75) is 11.4 Å². The third-order valence-corrected chi connectivity index (χ3v) is 4.20. The Labute approximate surface area is 129 Å². The van der Waals surface area contributed by atoms with E-state index in [2.05, 4.69) is 5.32 Å². The topological polar surface area (TPSA) is 55.4 Å². The molecule has 0 aliphatic carbocycles. The van der Waals surface area contributed by atoms with Gasteiger partial charge in [-0.3, -0.25) is 0 Å². The Balaban J connectivity index is 2.36. The molecule has 2 aromatic carbocycles. The van der Waals surface area contributed by atoms with E-state index in [9.17, 15) is 8.42 Å². The number of benzene rings is 2. The van der Waals surface area contributed by atoms with Crippen molar-refractivity contribution in [3.63, 3.8) is 0 Å². The molecule has 4 nitrogen and oxygen atoms in total. The fraction of sp³-hybridized carbons (Fsp3) is 0.200. The summed E-state index contributed by atoms with van der Waals surface area (Å²) < 4.78 is 28.9. The van der Waals surface area contributed by atoms with Gasteiger partial charge in [-0.2, -0.15) is 0 Å². The van der Waals surface area contributed by atoms with Gasteiger partial charge in [0.05, 0.1) is 4.90 Å². The molecule has 0 radical (unpaired) electrons. The van der Waals surface area contributed by atoms with Gasteiger partial charge in [-0.1, -0.05) is 23.7 Å². The summed E-state index contributed by atoms with van der Waals surface area (Å²) in [6, 6.07) is 11.8. The number of hydrogen-bond acceptors (Lipinski definition) is 4. The molecule has 2 aromatic rings. The van der Waals surface area contributed by atoms with Crippen LogP contribution in [0.2, 0.25) is 5.02 Å². The molecule has 0 bridgehead atoms. The summed E-state index contributed by atoms with van der Waals surface area (Å²) in [5.41, 5.74) is 0.937. The number of hydrogen-bond donors (Lipinski definition) is 1. The average molecular weight is 326 g/mol. The molecule has 2 rings (SSSR count). The van der Waals surface area contributed by atoms with Gasteiger partial charge in [0.1, 0.15) is 11.5 Å². The standard InChI is InChI=1S/C15H16ClNO3S/c1-17-10-11-6-7-12(16)8-15(11)20-13-4-3-5-14(9-13)21(2,18)19/h3-9,17H,10H2,1-2H3. The zero-order chi connectivity index (χ0) is 15.5. The minimum atomic E-state index is -3.26. The second-order valence-corrected chi connectivity index (χ2v) is 7.08. The first kappa shape index (κ1) is 15.8. The SMILES string of the molecule is CNCc1ccc(Cl)cc1Oc1cccc(S(C)(=O)=O)c1. The minimum absolute atomic E-state index is 0.220. The van der Waals surface area contributed by atoms with E-state index in [1.54, 1.807) is 24.3 Å². The zero-order valence-corrected chi connectivity index (χ0v) is 13.3. The number of sulfone groups is 1. The first-order chi connectivity index (χ1) is 9.90. The molecule has 112 valence electrons. The zero-order valence-electron chi connectivity index (χ0n) is 11.8. The van der Waals surface area contributed by atoms with Crippen LogP contribution in [0.25, 0.3) is 0 Å². The molecule has 0 aliphatic rings. The summed E-state index contributed by atoms with van der Waals surface area (Å²) in [4.78, 5) is 0.220. The third kappa shape index (κ3) is 4.20. The van der Waals surface area contributed by atoms with Crippen LogP contribution in [-0.2, 0) is 16.4 Å². The maximum atomic E-state index is 11.6. The highest BCUT2D eigenvalue weighted by molar-refractivity contribution is 7.90. The van der Waals surface area contributed by atoms with Crippen molar-refractivity contribution < 1.29 is 13.2 Å². The van der Waals surface area contributed by atoms with Crippen LogP contribution in [0, 0.1) is 0 Å². The Bertz CT molecular complexity index is 744. The molecule has 0 saturated heterocycles. The van der Waals surface area contributed by atoms with E-state index >= 15 is 0 Å². The summed E-state index contributed by atoms with van der Waals surface area (Å²) in [5, 5.41) is 3.61. The summed E-state index contributed by atoms with van der Waals surface area (Å²) in [7, 11) is -1.43. The third-order valence-electron chi connectivity index (χ3n) is 2.86. The number of nitrogens with one attached hydrogen (secondary N) is 1. The van der Waals surface area contributed by atoms with Crippen LogP contribution in [0.4, 0.5) is 0 Å². The van der Waals surface area contributed by atoms with Gasteiger partial charge in [0.15, 0.2) is 9.84 Å². The molecule has 0 atom stereocenters. The van der Waals surface area contributed by atoms with Crippen LogP contribution in [0.1, 0.15) is 5.56 Å². The molecule has 0 heterocycles. The molecule has 21 heavy (non-hydrogen) atoms. The molecule has 0 amide bonds. The van der Waals surface area contributed by atoms with Gasteiger partial charge in [-0.05, 0) is 37.4 Å². The second-order valence-electron chi connectivity index (χ2n) is 4.63. The molecule has 0 fully saturated rings. The summed E-state index contributed by atoms with van der Waals surface area (Å²) in [6.07, 6.45) is 1.16. The van der Waals surface area contributed by atoms with Crippen molar-refractivity contribution in [2.24, 2.45) is 0 Å². The second kappa shape index (κ2) is 6.47. The van der Waals surface area contributed by atoms with Crippen molar-refractivity contribution >= 4 is 21.4 Å². The van der Waals surface area contributed by atoms with Crippen LogP contribution in [0.3, 0.4) is 0 Å². The van der Waals surface area contributed by atoms with E-state index in [4.69, 9.17) is 16.3 Å². The molecule has 6 heteroatoms. The van der Waals surface area contributed by atoms with E-state index in [-0.39, 0.29) is 4.90 Å². The predicted octanol–water partition coefficient (Wildman–Crippen LogP) is 3.26. The fourth-order valence-electron chi connectivity index (χ4n) is 1.86. The van der Waals surface area contributed by atoms with E-state index in [1.807, 2.05) is 13.1 Å². The lowest BCUT2D eigenvalue weighted by atomic mass is 10.2. The van der Waals surface area contributed by atoms with Gasteiger partial charge in [-0.25, -0.2) is 8.42 Å². The molecular weight excluding hydrogens is 310 g/mol. The van der Waals surface area contributed by atoms with Crippen LogP contribution in [-0.4, -0.2) is 21.7 Å². The molecule has 0 unspecified atom stereocenters. The quantitative estimate of drug-likeness (QED) is 0.916. The van der Waals surface area contributed by atoms with Crippen LogP contribution < -0.4 is 10.1 Å². The highest BCUT2D eigenvalue weighted by Gasteiger charge is 2.10. The molecule has 1 N–H and O–H groups in total. The predicted molar refractivity (Wildman–Crippen MR) is 83.8 cm³/mol. The molecule has 0 aliphatic heterocycles. The summed E-state index contributed by atoms with van der Waals surface area (Å²) >= 11 is 5.99. The number of rotatable bonds is 5. The van der Waals surface area contributed by atoms with Gasteiger partial charge >= 0.3 is 0 Å². The van der Waals surface area contributed by atoms with Crippen molar-refractivity contribution in [2.75, 3.05) is 13.3 Å². The van der Waals surface area contributed by atoms with Crippen molar-refractivity contribution in [3.05, 3.63) is 53.1 Å². The summed E-state index contributed by atoms with van der Waals surface area (Å²) in [5.74, 6) is 1.06. The maximum Gasteiger partial charge on any atom is 0.175 e. The highest BCUT2D eigenvalue weighted by Crippen LogP contribution is 2.29. The molecule has 0 spiro atoms. The lowest BCUT2D eigenvalue weighted by Gasteiger charge is -2.12. The normalized spacial score (nSPS) is 11.4. The monoisotopic (exact) mass is 325 g/mol. The van der Waals surface area contributed by atoms with Gasteiger partial charge in [0.25, 0.3) is 0 Å². The Morgan fingerprint density at radius 1 is 1.19 bits per heavy atom. The van der Waals surface area contributed by atoms with Gasteiger partial charge in [0.2, 0.25) is 0 Å². The highest BCUT2D eigenvalue weighted by atomic mass is 35.5.